The van der Waals surface area contributed by atoms with E-state index in [1.165, 1.54) is 24.5 Å². The molecule has 9 heteroatoms. The minimum atomic E-state index is -0.972. The van der Waals surface area contributed by atoms with Gasteiger partial charge >= 0.3 is 6.03 Å². The number of benzene rings is 1. The second-order valence-electron chi connectivity index (χ2n) is 7.34. The highest BCUT2D eigenvalue weighted by atomic mass is 16.2. The second kappa shape index (κ2) is 7.16. The van der Waals surface area contributed by atoms with Crippen LogP contribution in [0.15, 0.2) is 47.7 Å². The molecular formula is C20H21N5O4. The van der Waals surface area contributed by atoms with Crippen molar-refractivity contribution in [3.8, 4) is 0 Å². The molecule has 0 atom stereocenters. The smallest absolute Gasteiger partial charge is 0.327 e. The van der Waals surface area contributed by atoms with Gasteiger partial charge in [-0.3, -0.25) is 19.3 Å². The second-order valence-corrected chi connectivity index (χ2v) is 7.34. The summed E-state index contributed by atoms with van der Waals surface area (Å²) in [7, 11) is 1.49. The van der Waals surface area contributed by atoms with Crippen LogP contribution in [0.3, 0.4) is 0 Å². The van der Waals surface area contributed by atoms with Crippen molar-refractivity contribution in [2.75, 3.05) is 20.1 Å². The summed E-state index contributed by atoms with van der Waals surface area (Å²) in [5, 5.41) is 0. The van der Waals surface area contributed by atoms with Crippen LogP contribution >= 0.6 is 0 Å². The Labute approximate surface area is 166 Å². The van der Waals surface area contributed by atoms with E-state index in [0.29, 0.717) is 19.4 Å². The number of nitrogens with one attached hydrogen (secondary N) is 1. The summed E-state index contributed by atoms with van der Waals surface area (Å²) < 4.78 is 0. The number of aromatic amines is 1. The molecular weight excluding hydrogens is 374 g/mol. The van der Waals surface area contributed by atoms with E-state index < -0.39 is 17.0 Å². The molecule has 1 N–H and O–H groups in total. The van der Waals surface area contributed by atoms with Gasteiger partial charge in [-0.15, -0.1) is 0 Å². The van der Waals surface area contributed by atoms with Gasteiger partial charge in [-0.25, -0.2) is 9.78 Å². The Hall–Kier alpha value is -3.49. The molecule has 0 saturated carbocycles. The van der Waals surface area contributed by atoms with Crippen molar-refractivity contribution in [2.45, 2.75) is 24.9 Å². The monoisotopic (exact) mass is 395 g/mol. The van der Waals surface area contributed by atoms with Crippen molar-refractivity contribution < 1.29 is 14.4 Å². The normalized spacial score (nSPS) is 18.6. The molecule has 1 spiro atoms. The predicted molar refractivity (Wildman–Crippen MR) is 103 cm³/mol. The number of piperidine rings is 1. The number of carbonyl (C=O) groups excluding carboxylic acids is 3. The summed E-state index contributed by atoms with van der Waals surface area (Å²) in [6.45, 7) is 0.864. The lowest BCUT2D eigenvalue weighted by molar-refractivity contribution is -0.134. The van der Waals surface area contributed by atoms with Crippen LogP contribution in [0.5, 0.6) is 0 Å². The highest BCUT2D eigenvalue weighted by Crippen LogP contribution is 2.38. The van der Waals surface area contributed by atoms with E-state index in [0.717, 1.165) is 10.5 Å². The molecule has 0 unspecified atom stereocenters. The molecule has 9 nitrogen and oxygen atoms in total. The van der Waals surface area contributed by atoms with E-state index in [-0.39, 0.29) is 30.6 Å². The van der Waals surface area contributed by atoms with Gasteiger partial charge in [0.2, 0.25) is 0 Å². The van der Waals surface area contributed by atoms with E-state index in [9.17, 15) is 19.2 Å². The average Bonchev–Trinajstić information content (AvgIpc) is 2.91. The van der Waals surface area contributed by atoms with Crippen molar-refractivity contribution >= 4 is 17.8 Å². The van der Waals surface area contributed by atoms with Crippen LogP contribution in [0.1, 0.15) is 28.8 Å². The van der Waals surface area contributed by atoms with Gasteiger partial charge < -0.3 is 14.8 Å². The molecule has 0 bridgehead atoms. The molecule has 3 heterocycles. The van der Waals surface area contributed by atoms with Crippen molar-refractivity contribution in [1.29, 1.82) is 0 Å². The first-order chi connectivity index (χ1) is 13.9. The number of H-pyrrole nitrogens is 1. The van der Waals surface area contributed by atoms with Gasteiger partial charge in [-0.1, -0.05) is 30.3 Å². The summed E-state index contributed by atoms with van der Waals surface area (Å²) in [6.07, 6.45) is 3.10. The van der Waals surface area contributed by atoms with Crippen molar-refractivity contribution in [3.63, 3.8) is 0 Å². The molecule has 4 rings (SSSR count). The maximum Gasteiger partial charge on any atom is 0.327 e. The van der Waals surface area contributed by atoms with Gasteiger partial charge in [0.15, 0.2) is 0 Å². The molecule has 2 aromatic rings. The lowest BCUT2D eigenvalue weighted by atomic mass is 9.85. The number of hydrogen-bond donors (Lipinski definition) is 1. The van der Waals surface area contributed by atoms with Crippen molar-refractivity contribution in [2.24, 2.45) is 0 Å². The standard InChI is InChI=1S/C20H21N5O4/c1-23-18(28)20(25(19(23)29)12-14-5-3-2-4-6-14)7-9-24(10-8-20)17(27)15-11-21-13-22-16(15)26/h2-6,11,13H,7-10,12H2,1H3,(H,21,22,26). The fourth-order valence-electron chi connectivity index (χ4n) is 4.09. The number of aromatic nitrogens is 2. The number of carbonyl (C=O) groups is 3. The Morgan fingerprint density at radius 3 is 2.48 bits per heavy atom. The largest absolute Gasteiger partial charge is 0.338 e. The van der Waals surface area contributed by atoms with Crippen LogP contribution in [-0.4, -0.2) is 68.2 Å². The van der Waals surface area contributed by atoms with Crippen LogP contribution in [-0.2, 0) is 11.3 Å². The first-order valence-electron chi connectivity index (χ1n) is 9.40. The number of amides is 4. The molecule has 4 amide bonds. The summed E-state index contributed by atoms with van der Waals surface area (Å²) >= 11 is 0. The zero-order valence-electron chi connectivity index (χ0n) is 16.0. The Bertz CT molecular complexity index is 1010. The van der Waals surface area contributed by atoms with Crippen LogP contribution < -0.4 is 5.56 Å². The SMILES string of the molecule is CN1C(=O)N(Cc2ccccc2)C2(CCN(C(=O)c3cnc[nH]c3=O)CC2)C1=O. The van der Waals surface area contributed by atoms with Crippen molar-refractivity contribution in [1.82, 2.24) is 24.7 Å². The minimum Gasteiger partial charge on any atom is -0.338 e. The Morgan fingerprint density at radius 1 is 1.14 bits per heavy atom. The summed E-state index contributed by atoms with van der Waals surface area (Å²) in [6, 6.07) is 9.17. The maximum atomic E-state index is 13.0. The molecule has 2 aliphatic heterocycles. The number of nitrogens with zero attached hydrogens (tertiary/aromatic N) is 4. The number of likely N-dealkylation sites (tertiary alicyclic amines) is 1. The molecule has 1 aromatic carbocycles. The maximum absolute atomic E-state index is 13.0. The van der Waals surface area contributed by atoms with Gasteiger partial charge in [-0.05, 0) is 18.4 Å². The van der Waals surface area contributed by atoms with E-state index in [2.05, 4.69) is 9.97 Å². The number of likely N-dealkylation sites (N-methyl/N-ethyl adjacent to an activating group) is 1. The third-order valence-electron chi connectivity index (χ3n) is 5.75. The fourth-order valence-corrected chi connectivity index (χ4v) is 4.09. The molecule has 29 heavy (non-hydrogen) atoms. The minimum absolute atomic E-state index is 0.0319. The van der Waals surface area contributed by atoms with Crippen LogP contribution in [0.4, 0.5) is 4.79 Å². The molecule has 0 radical (unpaired) electrons. The van der Waals surface area contributed by atoms with Crippen LogP contribution in [0, 0.1) is 0 Å². The highest BCUT2D eigenvalue weighted by molar-refractivity contribution is 6.07. The van der Waals surface area contributed by atoms with E-state index in [1.54, 1.807) is 4.90 Å². The first-order valence-corrected chi connectivity index (χ1v) is 9.40. The summed E-state index contributed by atoms with van der Waals surface area (Å²) in [5.41, 5.74) is -0.568. The Kier molecular flexibility index (Phi) is 4.65. The number of rotatable bonds is 3. The molecule has 2 aliphatic rings. The lowest BCUT2D eigenvalue weighted by Gasteiger charge is -2.42. The lowest BCUT2D eigenvalue weighted by Crippen LogP contribution is -2.57. The van der Waals surface area contributed by atoms with Gasteiger partial charge in [0.05, 0.1) is 6.33 Å². The Balaban J connectivity index is 1.56. The molecule has 2 fully saturated rings. The topological polar surface area (TPSA) is 107 Å². The Morgan fingerprint density at radius 2 is 1.83 bits per heavy atom. The summed E-state index contributed by atoms with van der Waals surface area (Å²) in [5.74, 6) is -0.668. The van der Waals surface area contributed by atoms with E-state index in [4.69, 9.17) is 0 Å². The first kappa shape index (κ1) is 18.9. The van der Waals surface area contributed by atoms with Crippen LogP contribution in [0.25, 0.3) is 0 Å². The molecule has 2 saturated heterocycles. The van der Waals surface area contributed by atoms with Gasteiger partial charge in [0.25, 0.3) is 17.4 Å². The van der Waals surface area contributed by atoms with Gasteiger partial charge in [0, 0.05) is 32.9 Å². The zero-order valence-corrected chi connectivity index (χ0v) is 16.0. The van der Waals surface area contributed by atoms with E-state index >= 15 is 0 Å². The number of hydrogen-bond acceptors (Lipinski definition) is 5. The van der Waals surface area contributed by atoms with Gasteiger partial charge in [0.1, 0.15) is 11.1 Å². The predicted octanol–water partition coefficient (Wildman–Crippen LogP) is 0.839. The zero-order chi connectivity index (χ0) is 20.6. The van der Waals surface area contributed by atoms with Crippen molar-refractivity contribution in [3.05, 3.63) is 64.3 Å². The molecule has 1 aromatic heterocycles. The number of urea groups is 1. The van der Waals surface area contributed by atoms with Gasteiger partial charge in [-0.2, -0.15) is 0 Å². The third-order valence-corrected chi connectivity index (χ3v) is 5.75. The van der Waals surface area contributed by atoms with E-state index in [1.807, 2.05) is 30.3 Å². The highest BCUT2D eigenvalue weighted by Gasteiger charge is 2.57. The third kappa shape index (κ3) is 3.08. The summed E-state index contributed by atoms with van der Waals surface area (Å²) in [4.78, 5) is 60.9. The van der Waals surface area contributed by atoms with Crippen LogP contribution in [0.2, 0.25) is 0 Å². The fraction of sp³-hybridized carbons (Fsp3) is 0.350. The quantitative estimate of drug-likeness (QED) is 0.775. The average molecular weight is 395 g/mol. The molecule has 0 aliphatic carbocycles. The molecule has 150 valence electrons. The number of imide groups is 1.